The Kier molecular flexibility index (Phi) is 3.86. The number of H-pyrrole nitrogens is 1. The Labute approximate surface area is 138 Å². The summed E-state index contributed by atoms with van der Waals surface area (Å²) in [4.78, 5) is 22.8. The third-order valence-electron chi connectivity index (χ3n) is 4.53. The summed E-state index contributed by atoms with van der Waals surface area (Å²) in [6.07, 6.45) is 4.64. The molecule has 1 saturated heterocycles. The maximum Gasteiger partial charge on any atom is 0.274 e. The van der Waals surface area contributed by atoms with Crippen LogP contribution in [-0.2, 0) is 6.54 Å². The van der Waals surface area contributed by atoms with Gasteiger partial charge in [0.1, 0.15) is 12.1 Å². The Hall–Kier alpha value is -2.54. The van der Waals surface area contributed by atoms with E-state index in [0.29, 0.717) is 18.0 Å². The van der Waals surface area contributed by atoms with E-state index in [0.717, 1.165) is 31.4 Å². The molecule has 0 aliphatic carbocycles. The van der Waals surface area contributed by atoms with Gasteiger partial charge < -0.3 is 0 Å². The number of rotatable bonds is 3. The van der Waals surface area contributed by atoms with Crippen molar-refractivity contribution < 1.29 is 4.39 Å². The van der Waals surface area contributed by atoms with Gasteiger partial charge in [-0.25, -0.2) is 14.4 Å². The van der Waals surface area contributed by atoms with Crippen molar-refractivity contribution in [1.82, 2.24) is 24.5 Å². The Balaban J connectivity index is 1.64. The Morgan fingerprint density at radius 3 is 3.08 bits per heavy atom. The number of benzene rings is 1. The minimum atomic E-state index is -0.215. The molecule has 6 nitrogen and oxygen atoms in total. The van der Waals surface area contributed by atoms with Crippen molar-refractivity contribution >= 4 is 5.78 Å². The summed E-state index contributed by atoms with van der Waals surface area (Å²) in [7, 11) is 0. The van der Waals surface area contributed by atoms with E-state index >= 15 is 0 Å². The van der Waals surface area contributed by atoms with Crippen molar-refractivity contribution in [2.75, 3.05) is 6.54 Å². The van der Waals surface area contributed by atoms with E-state index in [1.807, 2.05) is 6.07 Å². The molecule has 1 aliphatic heterocycles. The number of nitrogens with zero attached hydrogens (tertiary/aromatic N) is 4. The Morgan fingerprint density at radius 2 is 2.21 bits per heavy atom. The van der Waals surface area contributed by atoms with E-state index in [-0.39, 0.29) is 17.4 Å². The summed E-state index contributed by atoms with van der Waals surface area (Å²) in [6.45, 7) is 1.46. The molecule has 0 spiro atoms. The number of fused-ring (bicyclic) bond motifs is 1. The summed E-state index contributed by atoms with van der Waals surface area (Å²) in [5.74, 6) is 0.157. The maximum atomic E-state index is 13.6. The summed E-state index contributed by atoms with van der Waals surface area (Å²) in [5, 5.41) is 2.73. The first-order chi connectivity index (χ1) is 11.7. The summed E-state index contributed by atoms with van der Waals surface area (Å²) < 4.78 is 14.9. The van der Waals surface area contributed by atoms with Crippen LogP contribution in [0.25, 0.3) is 5.78 Å². The van der Waals surface area contributed by atoms with E-state index in [1.165, 1.54) is 23.0 Å². The normalized spacial score (nSPS) is 19.0. The van der Waals surface area contributed by atoms with Gasteiger partial charge in [-0.1, -0.05) is 18.6 Å². The van der Waals surface area contributed by atoms with Crippen molar-refractivity contribution in [3.05, 3.63) is 64.1 Å². The standard InChI is InChI=1S/C17H18FN5O/c18-13-5-3-4-12(8-13)15-6-1-2-7-22(15)10-14-9-16(24)23-17(21-14)19-11-20-23/h3-5,8-9,11,15H,1-2,6-7,10H2,(H,19,20,21)/t15-/m0/s1. The van der Waals surface area contributed by atoms with Crippen LogP contribution < -0.4 is 5.56 Å². The monoisotopic (exact) mass is 327 g/mol. The van der Waals surface area contributed by atoms with E-state index in [9.17, 15) is 9.18 Å². The molecule has 1 aliphatic rings. The molecule has 124 valence electrons. The predicted octanol–water partition coefficient (Wildman–Crippen LogP) is 2.28. The number of likely N-dealkylation sites (tertiary alicyclic amines) is 1. The van der Waals surface area contributed by atoms with E-state index in [1.54, 1.807) is 12.1 Å². The fourth-order valence-corrected chi connectivity index (χ4v) is 3.43. The lowest BCUT2D eigenvalue weighted by Crippen LogP contribution is -2.33. The van der Waals surface area contributed by atoms with Gasteiger partial charge >= 0.3 is 0 Å². The lowest BCUT2D eigenvalue weighted by atomic mass is 9.95. The van der Waals surface area contributed by atoms with Crippen LogP contribution in [0.5, 0.6) is 0 Å². The van der Waals surface area contributed by atoms with Gasteiger partial charge in [0.2, 0.25) is 0 Å². The van der Waals surface area contributed by atoms with Crippen molar-refractivity contribution in [3.8, 4) is 0 Å². The van der Waals surface area contributed by atoms with Gasteiger partial charge in [0.05, 0.1) is 5.69 Å². The molecule has 0 bridgehead atoms. The number of aromatic nitrogens is 4. The smallest absolute Gasteiger partial charge is 0.274 e. The minimum Gasteiger partial charge on any atom is -0.291 e. The number of halogens is 1. The largest absolute Gasteiger partial charge is 0.291 e. The third kappa shape index (κ3) is 2.82. The van der Waals surface area contributed by atoms with E-state index < -0.39 is 0 Å². The van der Waals surface area contributed by atoms with Crippen molar-refractivity contribution in [2.45, 2.75) is 31.8 Å². The zero-order valence-electron chi connectivity index (χ0n) is 13.2. The predicted molar refractivity (Wildman–Crippen MR) is 87.0 cm³/mol. The molecule has 3 heterocycles. The van der Waals surface area contributed by atoms with Gasteiger partial charge in [0.25, 0.3) is 11.3 Å². The van der Waals surface area contributed by atoms with Crippen molar-refractivity contribution in [3.63, 3.8) is 0 Å². The lowest BCUT2D eigenvalue weighted by Gasteiger charge is -2.35. The second-order valence-electron chi connectivity index (χ2n) is 6.15. The molecule has 24 heavy (non-hydrogen) atoms. The number of nitrogens with one attached hydrogen (secondary N) is 1. The third-order valence-corrected chi connectivity index (χ3v) is 4.53. The van der Waals surface area contributed by atoms with Crippen LogP contribution in [-0.4, -0.2) is 31.0 Å². The van der Waals surface area contributed by atoms with Crippen LogP contribution in [0.1, 0.15) is 36.6 Å². The molecule has 0 amide bonds. The molecule has 2 aromatic heterocycles. The molecule has 7 heteroatoms. The second-order valence-corrected chi connectivity index (χ2v) is 6.15. The van der Waals surface area contributed by atoms with Gasteiger partial charge in [-0.2, -0.15) is 4.52 Å². The molecule has 1 N–H and O–H groups in total. The van der Waals surface area contributed by atoms with Gasteiger partial charge in [0.15, 0.2) is 0 Å². The highest BCUT2D eigenvalue weighted by molar-refractivity contribution is 5.26. The average molecular weight is 327 g/mol. The first-order valence-corrected chi connectivity index (χ1v) is 8.12. The highest BCUT2D eigenvalue weighted by Gasteiger charge is 2.25. The molecule has 1 aromatic carbocycles. The zero-order valence-corrected chi connectivity index (χ0v) is 13.2. The highest BCUT2D eigenvalue weighted by atomic mass is 19.1. The van der Waals surface area contributed by atoms with E-state index in [2.05, 4.69) is 20.0 Å². The average Bonchev–Trinajstić information content (AvgIpc) is 3.04. The quantitative estimate of drug-likeness (QED) is 0.801. The first-order valence-electron chi connectivity index (χ1n) is 8.12. The van der Waals surface area contributed by atoms with Crippen LogP contribution in [0.4, 0.5) is 4.39 Å². The van der Waals surface area contributed by atoms with Crippen LogP contribution in [0.3, 0.4) is 0 Å². The first kappa shape index (κ1) is 15.0. The molecule has 3 aromatic rings. The topological polar surface area (TPSA) is 66.3 Å². The summed E-state index contributed by atoms with van der Waals surface area (Å²) >= 11 is 0. The molecule has 0 unspecified atom stereocenters. The molecule has 0 radical (unpaired) electrons. The SMILES string of the molecule is O=c1cc(CN2CCCC[C@H]2c2cccc(F)c2)nc2nc[nH]n12. The molecule has 1 fully saturated rings. The van der Waals surface area contributed by atoms with Crippen molar-refractivity contribution in [1.29, 1.82) is 0 Å². The molecule has 4 rings (SSSR count). The van der Waals surface area contributed by atoms with Crippen LogP contribution in [0.15, 0.2) is 41.5 Å². The molecule has 0 saturated carbocycles. The zero-order chi connectivity index (χ0) is 16.5. The molecular formula is C17H18FN5O. The van der Waals surface area contributed by atoms with E-state index in [4.69, 9.17) is 0 Å². The molecule has 1 atom stereocenters. The Morgan fingerprint density at radius 1 is 1.29 bits per heavy atom. The fourth-order valence-electron chi connectivity index (χ4n) is 3.43. The van der Waals surface area contributed by atoms with Gasteiger partial charge in [-0.15, -0.1) is 0 Å². The number of hydrogen-bond acceptors (Lipinski definition) is 4. The second kappa shape index (κ2) is 6.16. The summed E-state index contributed by atoms with van der Waals surface area (Å²) in [5.41, 5.74) is 1.49. The maximum absolute atomic E-state index is 13.6. The number of hydrogen-bond donors (Lipinski definition) is 1. The lowest BCUT2D eigenvalue weighted by molar-refractivity contribution is 0.138. The number of aromatic amines is 1. The number of piperidine rings is 1. The van der Waals surface area contributed by atoms with Crippen LogP contribution >= 0.6 is 0 Å². The van der Waals surface area contributed by atoms with Gasteiger partial charge in [0, 0.05) is 18.7 Å². The fraction of sp³-hybridized carbons (Fsp3) is 0.353. The van der Waals surface area contributed by atoms with Crippen molar-refractivity contribution in [2.24, 2.45) is 0 Å². The van der Waals surface area contributed by atoms with Gasteiger partial charge in [-0.05, 0) is 37.1 Å². The minimum absolute atomic E-state index is 0.147. The Bertz CT molecular complexity index is 918. The summed E-state index contributed by atoms with van der Waals surface area (Å²) in [6, 6.07) is 8.45. The molecular weight excluding hydrogens is 309 g/mol. The van der Waals surface area contributed by atoms with Crippen LogP contribution in [0.2, 0.25) is 0 Å². The van der Waals surface area contributed by atoms with Crippen LogP contribution in [0, 0.1) is 5.82 Å². The highest BCUT2D eigenvalue weighted by Crippen LogP contribution is 2.32. The van der Waals surface area contributed by atoms with Gasteiger partial charge in [-0.3, -0.25) is 14.8 Å².